The lowest BCUT2D eigenvalue weighted by molar-refractivity contribution is -0.143. The number of carboxylic acids is 1. The topological polar surface area (TPSA) is 83.6 Å². The van der Waals surface area contributed by atoms with Gasteiger partial charge in [-0.25, -0.2) is 4.79 Å². The number of rotatable bonds is 2. The van der Waals surface area contributed by atoms with E-state index in [-0.39, 0.29) is 5.91 Å². The Balaban J connectivity index is 2.26. The summed E-state index contributed by atoms with van der Waals surface area (Å²) in [5.41, 5.74) is 7.68. The van der Waals surface area contributed by atoms with Gasteiger partial charge in [0.05, 0.1) is 0 Å². The van der Waals surface area contributed by atoms with Crippen molar-refractivity contribution in [1.29, 1.82) is 0 Å². The first-order valence-electron chi connectivity index (χ1n) is 6.40. The van der Waals surface area contributed by atoms with Crippen LogP contribution in [0.5, 0.6) is 0 Å². The van der Waals surface area contributed by atoms with Crippen molar-refractivity contribution in [3.05, 3.63) is 29.3 Å². The lowest BCUT2D eigenvalue weighted by Gasteiger charge is -2.33. The Morgan fingerprint density at radius 3 is 2.74 bits per heavy atom. The Bertz CT molecular complexity index is 513. The van der Waals surface area contributed by atoms with Gasteiger partial charge in [0, 0.05) is 17.8 Å². The molecule has 5 heteroatoms. The maximum absolute atomic E-state index is 12.4. The monoisotopic (exact) mass is 262 g/mol. The van der Waals surface area contributed by atoms with Crippen LogP contribution in [-0.4, -0.2) is 34.5 Å². The number of amides is 1. The number of nitrogens with two attached hydrogens (primary N) is 1. The number of aliphatic carboxylic acids is 1. The second-order valence-corrected chi connectivity index (χ2v) is 4.92. The predicted molar refractivity (Wildman–Crippen MR) is 71.9 cm³/mol. The molecule has 0 radical (unpaired) electrons. The Kier molecular flexibility index (Phi) is 3.74. The number of carboxylic acid groups (broad SMARTS) is 1. The smallest absolute Gasteiger partial charge is 0.326 e. The predicted octanol–water partition coefficient (Wildman–Crippen LogP) is 1.66. The summed E-state index contributed by atoms with van der Waals surface area (Å²) in [6, 6.07) is 4.34. The highest BCUT2D eigenvalue weighted by Crippen LogP contribution is 2.21. The number of hydrogen-bond donors (Lipinski definition) is 2. The van der Waals surface area contributed by atoms with Gasteiger partial charge in [0.1, 0.15) is 6.04 Å². The zero-order chi connectivity index (χ0) is 14.0. The number of piperidine rings is 1. The van der Waals surface area contributed by atoms with E-state index in [1.165, 1.54) is 4.90 Å². The molecule has 1 aromatic rings. The van der Waals surface area contributed by atoms with E-state index in [4.69, 9.17) is 5.73 Å². The number of anilines is 1. The summed E-state index contributed by atoms with van der Waals surface area (Å²) in [5.74, 6) is -1.16. The first-order valence-corrected chi connectivity index (χ1v) is 6.40. The van der Waals surface area contributed by atoms with Crippen LogP contribution in [0.4, 0.5) is 5.69 Å². The van der Waals surface area contributed by atoms with Gasteiger partial charge in [-0.1, -0.05) is 0 Å². The van der Waals surface area contributed by atoms with Gasteiger partial charge in [-0.3, -0.25) is 4.79 Å². The molecule has 1 aromatic carbocycles. The lowest BCUT2D eigenvalue weighted by atomic mass is 10.00. The SMILES string of the molecule is Cc1cc(C(=O)N2CCCC[C@@H]2C(=O)O)ccc1N. The average Bonchev–Trinajstić information content (AvgIpc) is 2.41. The molecule has 0 spiro atoms. The van der Waals surface area contributed by atoms with Crippen LogP contribution >= 0.6 is 0 Å². The van der Waals surface area contributed by atoms with Gasteiger partial charge in [0.25, 0.3) is 5.91 Å². The third kappa shape index (κ3) is 2.70. The molecule has 19 heavy (non-hydrogen) atoms. The summed E-state index contributed by atoms with van der Waals surface area (Å²) in [7, 11) is 0. The van der Waals surface area contributed by atoms with Gasteiger partial charge in [-0.05, 0) is 49.9 Å². The highest BCUT2D eigenvalue weighted by atomic mass is 16.4. The molecule has 0 unspecified atom stereocenters. The van der Waals surface area contributed by atoms with Crippen LogP contribution < -0.4 is 5.73 Å². The molecule has 1 heterocycles. The molecule has 5 nitrogen and oxygen atoms in total. The van der Waals surface area contributed by atoms with Crippen molar-refractivity contribution in [3.8, 4) is 0 Å². The number of aryl methyl sites for hydroxylation is 1. The average molecular weight is 262 g/mol. The van der Waals surface area contributed by atoms with Gasteiger partial charge in [0.2, 0.25) is 0 Å². The van der Waals surface area contributed by atoms with Crippen LogP contribution in [0.25, 0.3) is 0 Å². The minimum absolute atomic E-state index is 0.227. The molecule has 0 saturated carbocycles. The van der Waals surface area contributed by atoms with Crippen molar-refractivity contribution in [2.75, 3.05) is 12.3 Å². The Labute approximate surface area is 112 Å². The van der Waals surface area contributed by atoms with E-state index in [0.717, 1.165) is 18.4 Å². The van der Waals surface area contributed by atoms with E-state index in [1.807, 2.05) is 6.92 Å². The Hall–Kier alpha value is -2.04. The fourth-order valence-corrected chi connectivity index (χ4v) is 2.41. The second-order valence-electron chi connectivity index (χ2n) is 4.92. The van der Waals surface area contributed by atoms with Crippen molar-refractivity contribution in [1.82, 2.24) is 4.90 Å². The molecule has 1 aliphatic rings. The Morgan fingerprint density at radius 2 is 2.11 bits per heavy atom. The summed E-state index contributed by atoms with van der Waals surface area (Å²) in [4.78, 5) is 25.1. The number of nitrogen functional groups attached to an aromatic ring is 1. The van der Waals surface area contributed by atoms with Crippen molar-refractivity contribution < 1.29 is 14.7 Å². The van der Waals surface area contributed by atoms with E-state index in [2.05, 4.69) is 0 Å². The van der Waals surface area contributed by atoms with Gasteiger partial charge in [-0.2, -0.15) is 0 Å². The van der Waals surface area contributed by atoms with E-state index < -0.39 is 12.0 Å². The summed E-state index contributed by atoms with van der Waals surface area (Å²) in [6.45, 7) is 2.33. The summed E-state index contributed by atoms with van der Waals surface area (Å²) in [5, 5.41) is 9.19. The quantitative estimate of drug-likeness (QED) is 0.794. The first-order chi connectivity index (χ1) is 9.00. The summed E-state index contributed by atoms with van der Waals surface area (Å²) >= 11 is 0. The van der Waals surface area contributed by atoms with Crippen LogP contribution in [0.15, 0.2) is 18.2 Å². The highest BCUT2D eigenvalue weighted by Gasteiger charge is 2.32. The highest BCUT2D eigenvalue weighted by molar-refractivity contribution is 5.97. The van der Waals surface area contributed by atoms with Gasteiger partial charge in [0.15, 0.2) is 0 Å². The van der Waals surface area contributed by atoms with Gasteiger partial charge in [-0.15, -0.1) is 0 Å². The van der Waals surface area contributed by atoms with Crippen molar-refractivity contribution in [2.45, 2.75) is 32.2 Å². The van der Waals surface area contributed by atoms with E-state index >= 15 is 0 Å². The minimum atomic E-state index is -0.930. The van der Waals surface area contributed by atoms with Crippen molar-refractivity contribution >= 4 is 17.6 Å². The molecule has 3 N–H and O–H groups in total. The lowest BCUT2D eigenvalue weighted by Crippen LogP contribution is -2.48. The molecular formula is C14H18N2O3. The van der Waals surface area contributed by atoms with E-state index in [1.54, 1.807) is 18.2 Å². The zero-order valence-corrected chi connectivity index (χ0v) is 10.9. The third-order valence-electron chi connectivity index (χ3n) is 3.57. The fraction of sp³-hybridized carbons (Fsp3) is 0.429. The standard InChI is InChI=1S/C14H18N2O3/c1-9-8-10(5-6-11(9)15)13(17)16-7-3-2-4-12(16)14(18)19/h5-6,8,12H,2-4,7,15H2,1H3,(H,18,19)/t12-/m1/s1. The third-order valence-corrected chi connectivity index (χ3v) is 3.57. The second kappa shape index (κ2) is 5.30. The maximum atomic E-state index is 12.4. The molecule has 1 aliphatic heterocycles. The normalized spacial score (nSPS) is 19.2. The number of benzene rings is 1. The molecule has 1 fully saturated rings. The van der Waals surface area contributed by atoms with E-state index in [9.17, 15) is 14.7 Å². The largest absolute Gasteiger partial charge is 0.480 e. The van der Waals surface area contributed by atoms with Crippen molar-refractivity contribution in [2.24, 2.45) is 0 Å². The van der Waals surface area contributed by atoms with Crippen LogP contribution in [0.3, 0.4) is 0 Å². The van der Waals surface area contributed by atoms with Crippen LogP contribution in [-0.2, 0) is 4.79 Å². The number of hydrogen-bond acceptors (Lipinski definition) is 3. The molecule has 102 valence electrons. The number of likely N-dealkylation sites (tertiary alicyclic amines) is 1. The number of carbonyl (C=O) groups is 2. The molecule has 1 amide bonds. The number of nitrogens with zero attached hydrogens (tertiary/aromatic N) is 1. The molecule has 2 rings (SSSR count). The van der Waals surface area contributed by atoms with Crippen molar-refractivity contribution in [3.63, 3.8) is 0 Å². The number of carbonyl (C=O) groups excluding carboxylic acids is 1. The first kappa shape index (κ1) is 13.4. The van der Waals surface area contributed by atoms with Crippen LogP contribution in [0.1, 0.15) is 35.2 Å². The fourth-order valence-electron chi connectivity index (χ4n) is 2.41. The van der Waals surface area contributed by atoms with Gasteiger partial charge < -0.3 is 15.7 Å². The van der Waals surface area contributed by atoms with E-state index in [0.29, 0.717) is 24.2 Å². The molecule has 0 aromatic heterocycles. The van der Waals surface area contributed by atoms with Gasteiger partial charge >= 0.3 is 5.97 Å². The maximum Gasteiger partial charge on any atom is 0.326 e. The van der Waals surface area contributed by atoms with Crippen LogP contribution in [0.2, 0.25) is 0 Å². The summed E-state index contributed by atoms with van der Waals surface area (Å²) < 4.78 is 0. The summed E-state index contributed by atoms with van der Waals surface area (Å²) in [6.07, 6.45) is 2.22. The minimum Gasteiger partial charge on any atom is -0.480 e. The Morgan fingerprint density at radius 1 is 1.37 bits per heavy atom. The molecule has 1 saturated heterocycles. The molecule has 1 atom stereocenters. The zero-order valence-electron chi connectivity index (χ0n) is 10.9. The molecular weight excluding hydrogens is 244 g/mol. The molecule has 0 bridgehead atoms. The molecule has 0 aliphatic carbocycles. The van der Waals surface area contributed by atoms with Crippen LogP contribution in [0, 0.1) is 6.92 Å².